The number of benzene rings is 1. The zero-order valence-corrected chi connectivity index (χ0v) is 12.3. The summed E-state index contributed by atoms with van der Waals surface area (Å²) in [5, 5.41) is 0. The lowest BCUT2D eigenvalue weighted by Gasteiger charge is -2.39. The van der Waals surface area contributed by atoms with Crippen LogP contribution >= 0.6 is 0 Å². The molecule has 2 rings (SSSR count). The molecule has 0 atom stereocenters. The molecule has 0 unspecified atom stereocenters. The summed E-state index contributed by atoms with van der Waals surface area (Å²) in [6.45, 7) is 7.34. The molecule has 0 aromatic heterocycles. The summed E-state index contributed by atoms with van der Waals surface area (Å²) in [6, 6.07) is 10.1. The van der Waals surface area contributed by atoms with Crippen LogP contribution in [0, 0.1) is 0 Å². The van der Waals surface area contributed by atoms with E-state index in [1.807, 2.05) is 51.1 Å². The lowest BCUT2D eigenvalue weighted by Crippen LogP contribution is -2.60. The van der Waals surface area contributed by atoms with Crippen molar-refractivity contribution in [2.45, 2.75) is 39.0 Å². The molecule has 1 amide bonds. The van der Waals surface area contributed by atoms with E-state index in [9.17, 15) is 4.79 Å². The summed E-state index contributed by atoms with van der Waals surface area (Å²) >= 11 is 0. The van der Waals surface area contributed by atoms with Crippen molar-refractivity contribution in [1.29, 1.82) is 0 Å². The van der Waals surface area contributed by atoms with Crippen molar-refractivity contribution in [3.8, 4) is 0 Å². The summed E-state index contributed by atoms with van der Waals surface area (Å²) in [6.07, 6.45) is -0.265. The molecule has 0 bridgehead atoms. The third-order valence-electron chi connectivity index (χ3n) is 2.86. The van der Waals surface area contributed by atoms with Crippen molar-refractivity contribution < 1.29 is 14.4 Å². The number of hydrogen-bond donors (Lipinski definition) is 1. The Balaban J connectivity index is 1.61. The fraction of sp³-hybridized carbons (Fsp3) is 0.533. The number of likely N-dealkylation sites (tertiary alicyclic amines) is 1. The first kappa shape index (κ1) is 14.8. The number of hydrogen-bond acceptors (Lipinski definition) is 4. The van der Waals surface area contributed by atoms with Gasteiger partial charge in [-0.3, -0.25) is 4.84 Å². The van der Waals surface area contributed by atoms with E-state index in [-0.39, 0.29) is 12.1 Å². The molecule has 1 aromatic carbocycles. The van der Waals surface area contributed by atoms with Gasteiger partial charge in [0.25, 0.3) is 0 Å². The van der Waals surface area contributed by atoms with Gasteiger partial charge >= 0.3 is 6.09 Å². The fourth-order valence-electron chi connectivity index (χ4n) is 1.85. The third kappa shape index (κ3) is 4.51. The number of amides is 1. The molecule has 0 radical (unpaired) electrons. The largest absolute Gasteiger partial charge is 0.444 e. The molecule has 110 valence electrons. The smallest absolute Gasteiger partial charge is 0.410 e. The van der Waals surface area contributed by atoms with Crippen LogP contribution in [0.3, 0.4) is 0 Å². The van der Waals surface area contributed by atoms with Gasteiger partial charge in [-0.25, -0.2) is 4.79 Å². The minimum atomic E-state index is -0.445. The number of carbonyl (C=O) groups excluding carboxylic acids is 1. The van der Waals surface area contributed by atoms with Crippen LogP contribution in [-0.2, 0) is 16.2 Å². The maximum Gasteiger partial charge on any atom is 0.410 e. The van der Waals surface area contributed by atoms with E-state index < -0.39 is 5.60 Å². The summed E-state index contributed by atoms with van der Waals surface area (Å²) < 4.78 is 5.28. The van der Waals surface area contributed by atoms with Crippen LogP contribution in [0.2, 0.25) is 0 Å². The van der Waals surface area contributed by atoms with Gasteiger partial charge in [-0.1, -0.05) is 30.3 Å². The van der Waals surface area contributed by atoms with Crippen molar-refractivity contribution >= 4 is 6.09 Å². The Morgan fingerprint density at radius 1 is 1.30 bits per heavy atom. The first-order valence-corrected chi connectivity index (χ1v) is 6.83. The topological polar surface area (TPSA) is 50.8 Å². The number of hydroxylamine groups is 1. The molecule has 1 heterocycles. The standard InChI is InChI=1S/C15H22N2O3/c1-15(2,3)20-14(18)17-9-13(10-17)16-19-11-12-7-5-4-6-8-12/h4-8,13,16H,9-11H2,1-3H3. The van der Waals surface area contributed by atoms with Crippen molar-refractivity contribution in [3.05, 3.63) is 35.9 Å². The highest BCUT2D eigenvalue weighted by molar-refractivity contribution is 5.69. The van der Waals surface area contributed by atoms with Gasteiger partial charge in [-0.15, -0.1) is 0 Å². The van der Waals surface area contributed by atoms with Crippen molar-refractivity contribution in [1.82, 2.24) is 10.4 Å². The predicted octanol–water partition coefficient (Wildman–Crippen LogP) is 2.33. The van der Waals surface area contributed by atoms with Gasteiger partial charge in [0.2, 0.25) is 0 Å². The van der Waals surface area contributed by atoms with Gasteiger partial charge in [0.15, 0.2) is 0 Å². The lowest BCUT2D eigenvalue weighted by atomic mass is 10.1. The molecule has 0 saturated carbocycles. The molecule has 1 fully saturated rings. The molecule has 20 heavy (non-hydrogen) atoms. The van der Waals surface area contributed by atoms with Crippen molar-refractivity contribution in [2.75, 3.05) is 13.1 Å². The van der Waals surface area contributed by atoms with Crippen LogP contribution in [0.1, 0.15) is 26.3 Å². The van der Waals surface area contributed by atoms with E-state index in [0.29, 0.717) is 19.7 Å². The predicted molar refractivity (Wildman–Crippen MR) is 76.0 cm³/mol. The van der Waals surface area contributed by atoms with Crippen LogP contribution in [0.4, 0.5) is 4.79 Å². The summed E-state index contributed by atoms with van der Waals surface area (Å²) in [5.74, 6) is 0. The number of carbonyl (C=O) groups is 1. The summed E-state index contributed by atoms with van der Waals surface area (Å²) in [5.41, 5.74) is 3.63. The first-order valence-electron chi connectivity index (χ1n) is 6.83. The Kier molecular flexibility index (Phi) is 4.62. The second-order valence-electron chi connectivity index (χ2n) is 5.97. The van der Waals surface area contributed by atoms with Crippen LogP contribution < -0.4 is 5.48 Å². The normalized spacial score (nSPS) is 15.8. The van der Waals surface area contributed by atoms with Crippen LogP contribution in [-0.4, -0.2) is 35.7 Å². The van der Waals surface area contributed by atoms with Crippen molar-refractivity contribution in [3.63, 3.8) is 0 Å². The Morgan fingerprint density at radius 2 is 1.95 bits per heavy atom. The maximum absolute atomic E-state index is 11.7. The number of nitrogens with one attached hydrogen (secondary N) is 1. The highest BCUT2D eigenvalue weighted by Gasteiger charge is 2.33. The zero-order chi connectivity index (χ0) is 14.6. The van der Waals surface area contributed by atoms with Gasteiger partial charge in [0, 0.05) is 13.1 Å². The molecule has 1 N–H and O–H groups in total. The van der Waals surface area contributed by atoms with Crippen LogP contribution in [0.25, 0.3) is 0 Å². The second kappa shape index (κ2) is 6.24. The minimum absolute atomic E-state index is 0.172. The Bertz CT molecular complexity index is 436. The molecule has 0 spiro atoms. The number of rotatable bonds is 4. The lowest BCUT2D eigenvalue weighted by molar-refractivity contribution is -0.0495. The van der Waals surface area contributed by atoms with Gasteiger partial charge in [-0.2, -0.15) is 5.48 Å². The monoisotopic (exact) mass is 278 g/mol. The summed E-state index contributed by atoms with van der Waals surface area (Å²) in [4.78, 5) is 18.8. The Morgan fingerprint density at radius 3 is 2.55 bits per heavy atom. The molecule has 1 aromatic rings. The number of nitrogens with zero attached hydrogens (tertiary/aromatic N) is 1. The van der Waals surface area contributed by atoms with Gasteiger partial charge < -0.3 is 9.64 Å². The number of ether oxygens (including phenoxy) is 1. The summed E-state index contributed by atoms with van der Waals surface area (Å²) in [7, 11) is 0. The fourth-order valence-corrected chi connectivity index (χ4v) is 1.85. The minimum Gasteiger partial charge on any atom is -0.444 e. The van der Waals surface area contributed by atoms with Gasteiger partial charge in [0.1, 0.15) is 5.60 Å². The Labute approximate surface area is 119 Å². The van der Waals surface area contributed by atoms with E-state index in [2.05, 4.69) is 5.48 Å². The van der Waals surface area contributed by atoms with Crippen LogP contribution in [0.5, 0.6) is 0 Å². The van der Waals surface area contributed by atoms with E-state index in [1.54, 1.807) is 4.90 Å². The average molecular weight is 278 g/mol. The maximum atomic E-state index is 11.7. The Hall–Kier alpha value is -1.59. The molecule has 5 heteroatoms. The molecular weight excluding hydrogens is 256 g/mol. The second-order valence-corrected chi connectivity index (χ2v) is 5.97. The van der Waals surface area contributed by atoms with Crippen molar-refractivity contribution in [2.24, 2.45) is 0 Å². The van der Waals surface area contributed by atoms with Gasteiger partial charge in [0.05, 0.1) is 12.6 Å². The molecule has 0 aliphatic carbocycles. The van der Waals surface area contributed by atoms with E-state index >= 15 is 0 Å². The highest BCUT2D eigenvalue weighted by atomic mass is 16.6. The average Bonchev–Trinajstić information content (AvgIpc) is 2.31. The third-order valence-corrected chi connectivity index (χ3v) is 2.86. The molecule has 1 aliphatic heterocycles. The van der Waals surface area contributed by atoms with E-state index in [0.717, 1.165) is 5.56 Å². The zero-order valence-electron chi connectivity index (χ0n) is 12.3. The molecule has 5 nitrogen and oxygen atoms in total. The quantitative estimate of drug-likeness (QED) is 0.859. The molecular formula is C15H22N2O3. The first-order chi connectivity index (χ1) is 9.44. The SMILES string of the molecule is CC(C)(C)OC(=O)N1CC(NOCc2ccccc2)C1. The van der Waals surface area contributed by atoms with E-state index in [4.69, 9.17) is 9.57 Å². The van der Waals surface area contributed by atoms with Crippen LogP contribution in [0.15, 0.2) is 30.3 Å². The van der Waals surface area contributed by atoms with Gasteiger partial charge in [-0.05, 0) is 26.3 Å². The van der Waals surface area contributed by atoms with E-state index in [1.165, 1.54) is 0 Å². The molecule has 1 saturated heterocycles. The highest BCUT2D eigenvalue weighted by Crippen LogP contribution is 2.15. The molecule has 1 aliphatic rings.